The summed E-state index contributed by atoms with van der Waals surface area (Å²) in [7, 11) is 1.37. The minimum Gasteiger partial charge on any atom is -0.464 e. The van der Waals surface area contributed by atoms with E-state index in [1.54, 1.807) is 6.07 Å². The summed E-state index contributed by atoms with van der Waals surface area (Å²) in [5.41, 5.74) is 2.92. The quantitative estimate of drug-likeness (QED) is 0.714. The van der Waals surface area contributed by atoms with Crippen LogP contribution in [0.4, 0.5) is 0 Å². The molecular formula is C16H12ClNO2. The van der Waals surface area contributed by atoms with E-state index in [1.807, 2.05) is 42.5 Å². The molecule has 0 aliphatic rings. The van der Waals surface area contributed by atoms with Crippen LogP contribution >= 0.6 is 11.6 Å². The van der Waals surface area contributed by atoms with Gasteiger partial charge in [0.2, 0.25) is 0 Å². The van der Waals surface area contributed by atoms with E-state index in [0.29, 0.717) is 10.7 Å². The van der Waals surface area contributed by atoms with E-state index in [4.69, 9.17) is 16.3 Å². The molecule has 0 aliphatic heterocycles. The number of nitrogens with one attached hydrogen (secondary N) is 1. The number of esters is 1. The van der Waals surface area contributed by atoms with Crippen LogP contribution in [0.1, 0.15) is 10.5 Å². The highest BCUT2D eigenvalue weighted by Crippen LogP contribution is 2.35. The molecule has 1 N–H and O–H groups in total. The minimum absolute atomic E-state index is 0.406. The van der Waals surface area contributed by atoms with E-state index in [1.165, 1.54) is 7.11 Å². The highest BCUT2D eigenvalue weighted by molar-refractivity contribution is 6.35. The van der Waals surface area contributed by atoms with Crippen LogP contribution in [-0.2, 0) is 4.74 Å². The molecule has 1 heterocycles. The van der Waals surface area contributed by atoms with Crippen molar-refractivity contribution in [3.63, 3.8) is 0 Å². The van der Waals surface area contributed by atoms with Gasteiger partial charge in [0.15, 0.2) is 0 Å². The average molecular weight is 286 g/mol. The number of carbonyl (C=O) groups is 1. The number of methoxy groups -OCH3 is 1. The first-order chi connectivity index (χ1) is 9.72. The molecular weight excluding hydrogens is 274 g/mol. The van der Waals surface area contributed by atoms with Crippen molar-refractivity contribution in [3.8, 4) is 11.1 Å². The molecule has 0 fully saturated rings. The third kappa shape index (κ3) is 1.96. The normalized spacial score (nSPS) is 10.7. The standard InChI is InChI=1S/C16H12ClNO2/c1-20-16(19)15-13(10-6-3-2-4-7-10)11-8-5-9-12(17)14(11)18-15/h2-9,18H,1H3. The summed E-state index contributed by atoms with van der Waals surface area (Å²) in [6, 6.07) is 15.3. The molecule has 20 heavy (non-hydrogen) atoms. The summed E-state index contributed by atoms with van der Waals surface area (Å²) in [4.78, 5) is 15.1. The highest BCUT2D eigenvalue weighted by atomic mass is 35.5. The number of ether oxygens (including phenoxy) is 1. The van der Waals surface area contributed by atoms with Crippen molar-refractivity contribution in [2.75, 3.05) is 7.11 Å². The maximum absolute atomic E-state index is 12.0. The Morgan fingerprint density at radius 3 is 2.55 bits per heavy atom. The SMILES string of the molecule is COC(=O)c1[nH]c2c(Cl)cccc2c1-c1ccccc1. The Morgan fingerprint density at radius 1 is 1.10 bits per heavy atom. The first-order valence-corrected chi connectivity index (χ1v) is 6.54. The monoisotopic (exact) mass is 285 g/mol. The number of para-hydroxylation sites is 1. The Balaban J connectivity index is 2.38. The van der Waals surface area contributed by atoms with Crippen LogP contribution < -0.4 is 0 Å². The van der Waals surface area contributed by atoms with Crippen LogP contribution in [0.25, 0.3) is 22.0 Å². The zero-order valence-electron chi connectivity index (χ0n) is 10.8. The van der Waals surface area contributed by atoms with Crippen molar-refractivity contribution >= 4 is 28.5 Å². The summed E-state index contributed by atoms with van der Waals surface area (Å²) >= 11 is 6.19. The van der Waals surface area contributed by atoms with Crippen molar-refractivity contribution in [3.05, 3.63) is 59.2 Å². The first-order valence-electron chi connectivity index (χ1n) is 6.16. The Morgan fingerprint density at radius 2 is 1.85 bits per heavy atom. The molecule has 3 aromatic rings. The van der Waals surface area contributed by atoms with Crippen molar-refractivity contribution in [2.24, 2.45) is 0 Å². The summed E-state index contributed by atoms with van der Waals surface area (Å²) in [5.74, 6) is -0.406. The van der Waals surface area contributed by atoms with Gasteiger partial charge in [-0.3, -0.25) is 0 Å². The first kappa shape index (κ1) is 12.8. The van der Waals surface area contributed by atoms with E-state index >= 15 is 0 Å². The van der Waals surface area contributed by atoms with E-state index in [2.05, 4.69) is 4.98 Å². The predicted octanol–water partition coefficient (Wildman–Crippen LogP) is 4.27. The largest absolute Gasteiger partial charge is 0.464 e. The van der Waals surface area contributed by atoms with Gasteiger partial charge in [-0.15, -0.1) is 0 Å². The molecule has 2 aromatic carbocycles. The van der Waals surface area contributed by atoms with Gasteiger partial charge in [-0.05, 0) is 11.6 Å². The molecule has 4 heteroatoms. The van der Waals surface area contributed by atoms with Gasteiger partial charge in [-0.25, -0.2) is 4.79 Å². The van der Waals surface area contributed by atoms with Crippen LogP contribution in [0.15, 0.2) is 48.5 Å². The second-order valence-corrected chi connectivity index (χ2v) is 4.80. The summed E-state index contributed by atoms with van der Waals surface area (Å²) in [6.07, 6.45) is 0. The maximum Gasteiger partial charge on any atom is 0.355 e. The van der Waals surface area contributed by atoms with Gasteiger partial charge < -0.3 is 9.72 Å². The third-order valence-electron chi connectivity index (χ3n) is 3.23. The van der Waals surface area contributed by atoms with Crippen molar-refractivity contribution in [1.29, 1.82) is 0 Å². The van der Waals surface area contributed by atoms with Gasteiger partial charge >= 0.3 is 5.97 Å². The number of halogens is 1. The Hall–Kier alpha value is -2.26. The molecule has 3 rings (SSSR count). The topological polar surface area (TPSA) is 42.1 Å². The fourth-order valence-electron chi connectivity index (χ4n) is 2.34. The molecule has 1 aromatic heterocycles. The van der Waals surface area contributed by atoms with Crippen molar-refractivity contribution in [1.82, 2.24) is 4.98 Å². The van der Waals surface area contributed by atoms with Gasteiger partial charge in [-0.2, -0.15) is 0 Å². The number of hydrogen-bond donors (Lipinski definition) is 1. The summed E-state index contributed by atoms with van der Waals surface area (Å²) < 4.78 is 4.85. The fraction of sp³-hybridized carbons (Fsp3) is 0.0625. The average Bonchev–Trinajstić information content (AvgIpc) is 2.88. The van der Waals surface area contributed by atoms with Crippen LogP contribution in [0, 0.1) is 0 Å². The number of hydrogen-bond acceptors (Lipinski definition) is 2. The number of fused-ring (bicyclic) bond motifs is 1. The number of rotatable bonds is 2. The molecule has 3 nitrogen and oxygen atoms in total. The Kier molecular flexibility index (Phi) is 3.20. The maximum atomic E-state index is 12.0. The molecule has 0 spiro atoms. The van der Waals surface area contributed by atoms with Crippen LogP contribution in [0.3, 0.4) is 0 Å². The third-order valence-corrected chi connectivity index (χ3v) is 3.55. The number of benzene rings is 2. The zero-order chi connectivity index (χ0) is 14.1. The second kappa shape index (κ2) is 5.02. The molecule has 0 unspecified atom stereocenters. The summed E-state index contributed by atoms with van der Waals surface area (Å²) in [6.45, 7) is 0. The van der Waals surface area contributed by atoms with E-state index in [-0.39, 0.29) is 0 Å². The van der Waals surface area contributed by atoms with Crippen LogP contribution in [-0.4, -0.2) is 18.1 Å². The lowest BCUT2D eigenvalue weighted by Crippen LogP contribution is -2.03. The smallest absolute Gasteiger partial charge is 0.355 e. The molecule has 0 aliphatic carbocycles. The second-order valence-electron chi connectivity index (χ2n) is 4.40. The van der Waals surface area contributed by atoms with Crippen LogP contribution in [0.5, 0.6) is 0 Å². The van der Waals surface area contributed by atoms with E-state index < -0.39 is 5.97 Å². The van der Waals surface area contributed by atoms with Gasteiger partial charge in [0.1, 0.15) is 5.69 Å². The van der Waals surface area contributed by atoms with Gasteiger partial charge in [0.25, 0.3) is 0 Å². The molecule has 0 saturated carbocycles. The van der Waals surface area contributed by atoms with Gasteiger partial charge in [0.05, 0.1) is 17.6 Å². The Bertz CT molecular complexity index is 778. The highest BCUT2D eigenvalue weighted by Gasteiger charge is 2.20. The van der Waals surface area contributed by atoms with E-state index in [9.17, 15) is 4.79 Å². The molecule has 0 radical (unpaired) electrons. The number of aromatic nitrogens is 1. The molecule has 0 atom stereocenters. The molecule has 0 amide bonds. The molecule has 100 valence electrons. The van der Waals surface area contributed by atoms with Gasteiger partial charge in [0, 0.05) is 10.9 Å². The fourth-order valence-corrected chi connectivity index (χ4v) is 2.56. The van der Waals surface area contributed by atoms with Gasteiger partial charge in [-0.1, -0.05) is 54.1 Å². The molecule has 0 saturated heterocycles. The number of H-pyrrole nitrogens is 1. The number of carbonyl (C=O) groups excluding carboxylic acids is 1. The van der Waals surface area contributed by atoms with Crippen LogP contribution in [0.2, 0.25) is 5.02 Å². The molecule has 0 bridgehead atoms. The number of aromatic amines is 1. The lowest BCUT2D eigenvalue weighted by Gasteiger charge is -2.03. The lowest BCUT2D eigenvalue weighted by molar-refractivity contribution is 0.0596. The predicted molar refractivity (Wildman–Crippen MR) is 80.1 cm³/mol. The zero-order valence-corrected chi connectivity index (χ0v) is 11.6. The summed E-state index contributed by atoms with van der Waals surface area (Å²) in [5, 5.41) is 1.49. The van der Waals surface area contributed by atoms with Crippen molar-refractivity contribution < 1.29 is 9.53 Å². The minimum atomic E-state index is -0.406. The van der Waals surface area contributed by atoms with Crippen molar-refractivity contribution in [2.45, 2.75) is 0 Å². The Labute approximate surface area is 121 Å². The lowest BCUT2D eigenvalue weighted by atomic mass is 10.0. The van der Waals surface area contributed by atoms with E-state index in [0.717, 1.165) is 22.0 Å².